The molecule has 2 aromatic heterocycles. The molecule has 28 heavy (non-hydrogen) atoms. The number of rotatable bonds is 4. The summed E-state index contributed by atoms with van der Waals surface area (Å²) in [4.78, 5) is 16.5. The van der Waals surface area contributed by atoms with Crippen LogP contribution in [0.3, 0.4) is 0 Å². The lowest BCUT2D eigenvalue weighted by Gasteiger charge is -2.09. The lowest BCUT2D eigenvalue weighted by Crippen LogP contribution is -2.13. The van der Waals surface area contributed by atoms with Crippen molar-refractivity contribution in [2.45, 2.75) is 4.90 Å². The van der Waals surface area contributed by atoms with Crippen LogP contribution in [0.25, 0.3) is 22.4 Å². The van der Waals surface area contributed by atoms with Gasteiger partial charge in [0.2, 0.25) is 0 Å². The monoisotopic (exact) mass is 396 g/mol. The van der Waals surface area contributed by atoms with Gasteiger partial charge in [-0.15, -0.1) is 0 Å². The van der Waals surface area contributed by atoms with E-state index in [2.05, 4.69) is 4.98 Å². The third-order valence-corrected chi connectivity index (χ3v) is 5.70. The topological polar surface area (TPSA) is 82.2 Å². The van der Waals surface area contributed by atoms with Gasteiger partial charge in [0, 0.05) is 18.0 Å². The maximum absolute atomic E-state index is 13.3. The largest absolute Gasteiger partial charge is 0.367 e. The highest BCUT2D eigenvalue weighted by atomic mass is 32.2. The van der Waals surface area contributed by atoms with Crippen molar-refractivity contribution in [1.82, 2.24) is 9.13 Å². The van der Waals surface area contributed by atoms with Crippen molar-refractivity contribution >= 4 is 10.0 Å². The molecule has 0 aliphatic rings. The van der Waals surface area contributed by atoms with E-state index in [1.165, 1.54) is 48.8 Å². The molecular weight excluding hydrogens is 383 g/mol. The van der Waals surface area contributed by atoms with Gasteiger partial charge in [0.1, 0.15) is 11.5 Å². The molecule has 4 rings (SSSR count). The third-order valence-electron chi connectivity index (χ3n) is 4.14. The molecule has 0 unspecified atom stereocenters. The van der Waals surface area contributed by atoms with Crippen molar-refractivity contribution < 1.29 is 17.3 Å². The predicted molar refractivity (Wildman–Crippen MR) is 101 cm³/mol. The normalized spacial score (nSPS) is 11.5. The first-order valence-electron chi connectivity index (χ1n) is 8.22. The molecule has 0 aliphatic carbocycles. The Morgan fingerprint density at radius 1 is 0.857 bits per heavy atom. The minimum Gasteiger partial charge on any atom is -0.320 e. The van der Waals surface area contributed by atoms with E-state index in [-0.39, 0.29) is 16.2 Å². The van der Waals surface area contributed by atoms with Gasteiger partial charge in [0.25, 0.3) is 10.0 Å². The molecule has 6 nitrogen and oxygen atoms in total. The zero-order chi connectivity index (χ0) is 19.7. The molecule has 0 saturated carbocycles. The summed E-state index contributed by atoms with van der Waals surface area (Å²) in [5.74, 6) is -0.477. The van der Waals surface area contributed by atoms with Crippen molar-refractivity contribution in [1.29, 1.82) is 0 Å². The van der Waals surface area contributed by atoms with Gasteiger partial charge in [-0.25, -0.2) is 9.18 Å². The summed E-state index contributed by atoms with van der Waals surface area (Å²) in [5, 5.41) is 0. The molecule has 4 aromatic rings. The molecule has 0 saturated heterocycles. The third kappa shape index (κ3) is 3.03. The molecule has 0 spiro atoms. The van der Waals surface area contributed by atoms with Gasteiger partial charge < -0.3 is 4.52 Å². The first-order chi connectivity index (χ1) is 13.5. The van der Waals surface area contributed by atoms with E-state index in [0.29, 0.717) is 15.3 Å². The van der Waals surface area contributed by atoms with E-state index in [0.717, 1.165) is 0 Å². The number of nitrogens with zero attached hydrogens (tertiary/aromatic N) is 2. The highest BCUT2D eigenvalue weighted by Gasteiger charge is 2.29. The maximum Gasteiger partial charge on any atom is 0.367 e. The van der Waals surface area contributed by atoms with Crippen molar-refractivity contribution in [3.63, 3.8) is 0 Å². The zero-order valence-electron chi connectivity index (χ0n) is 14.3. The van der Waals surface area contributed by atoms with Gasteiger partial charge in [0.15, 0.2) is 0 Å². The van der Waals surface area contributed by atoms with Gasteiger partial charge in [-0.1, -0.05) is 34.5 Å². The Labute approximate surface area is 159 Å². The fourth-order valence-corrected chi connectivity index (χ4v) is 4.14. The highest BCUT2D eigenvalue weighted by Crippen LogP contribution is 2.32. The average molecular weight is 396 g/mol. The second kappa shape index (κ2) is 6.90. The van der Waals surface area contributed by atoms with Gasteiger partial charge in [0.05, 0.1) is 10.5 Å². The van der Waals surface area contributed by atoms with E-state index >= 15 is 0 Å². The van der Waals surface area contributed by atoms with Crippen molar-refractivity contribution in [3.05, 3.63) is 95.4 Å². The van der Waals surface area contributed by atoms with E-state index in [1.54, 1.807) is 30.3 Å². The summed E-state index contributed by atoms with van der Waals surface area (Å²) in [6.07, 6.45) is 2.95. The Bertz CT molecular complexity index is 1280. The van der Waals surface area contributed by atoms with Crippen molar-refractivity contribution in [2.75, 3.05) is 0 Å². The molecule has 140 valence electrons. The fourth-order valence-electron chi connectivity index (χ4n) is 2.84. The lowest BCUT2D eigenvalue weighted by atomic mass is 10.0. The van der Waals surface area contributed by atoms with Gasteiger partial charge in [-0.05, 0) is 42.0 Å². The number of pyridine rings is 1. The first-order valence-corrected chi connectivity index (χ1v) is 9.66. The van der Waals surface area contributed by atoms with Gasteiger partial charge >= 0.3 is 5.63 Å². The zero-order valence-corrected chi connectivity index (χ0v) is 15.1. The Kier molecular flexibility index (Phi) is 4.40. The summed E-state index contributed by atoms with van der Waals surface area (Å²) in [6, 6.07) is 15.9. The average Bonchev–Trinajstić information content (AvgIpc) is 3.08. The predicted octanol–water partition coefficient (Wildman–Crippen LogP) is 3.55. The smallest absolute Gasteiger partial charge is 0.320 e. The van der Waals surface area contributed by atoms with Crippen molar-refractivity contribution in [2.24, 2.45) is 0 Å². The summed E-state index contributed by atoms with van der Waals surface area (Å²) >= 11 is 0. The van der Waals surface area contributed by atoms with Crippen LogP contribution in [0.4, 0.5) is 4.39 Å². The van der Waals surface area contributed by atoms with Gasteiger partial charge in [-0.3, -0.25) is 4.98 Å². The minimum absolute atomic E-state index is 0.0192. The number of hydrogen-bond acceptors (Lipinski definition) is 5. The number of benzene rings is 2. The minimum atomic E-state index is -4.18. The van der Waals surface area contributed by atoms with Crippen LogP contribution in [0.15, 0.2) is 93.3 Å². The van der Waals surface area contributed by atoms with Crippen LogP contribution in [-0.4, -0.2) is 17.5 Å². The van der Waals surface area contributed by atoms with E-state index in [4.69, 9.17) is 4.52 Å². The maximum atomic E-state index is 13.3. The summed E-state index contributed by atoms with van der Waals surface area (Å²) in [6.45, 7) is 0. The SMILES string of the molecule is O=c1on(S(=O)(=O)c2ccccc2)c(-c2ccncc2)c1-c1ccc(F)cc1. The number of halogens is 1. The molecular formula is C20H13FN2O4S. The van der Waals surface area contributed by atoms with Crippen LogP contribution in [0.2, 0.25) is 0 Å². The Hall–Kier alpha value is -3.52. The quantitative estimate of drug-likeness (QED) is 0.527. The number of hydrogen-bond donors (Lipinski definition) is 0. The van der Waals surface area contributed by atoms with E-state index in [1.807, 2.05) is 0 Å². The Morgan fingerprint density at radius 3 is 2.14 bits per heavy atom. The Morgan fingerprint density at radius 2 is 1.50 bits per heavy atom. The van der Waals surface area contributed by atoms with Crippen LogP contribution in [0.1, 0.15) is 0 Å². The van der Waals surface area contributed by atoms with Crippen LogP contribution >= 0.6 is 0 Å². The van der Waals surface area contributed by atoms with Crippen LogP contribution in [0, 0.1) is 5.82 Å². The molecule has 0 atom stereocenters. The summed E-state index contributed by atoms with van der Waals surface area (Å²) < 4.78 is 45.4. The molecule has 0 bridgehead atoms. The molecule has 2 heterocycles. The van der Waals surface area contributed by atoms with Crippen LogP contribution in [-0.2, 0) is 10.0 Å². The Balaban J connectivity index is 2.05. The van der Waals surface area contributed by atoms with Gasteiger partial charge in [-0.2, -0.15) is 8.42 Å². The first kappa shape index (κ1) is 17.9. The standard InChI is InChI=1S/C20H13FN2O4S/c21-16-8-6-14(7-9-16)18-19(15-10-12-22-13-11-15)23(27-20(18)24)28(25,26)17-4-2-1-3-5-17/h1-13H. The molecule has 0 aliphatic heterocycles. The number of aromatic nitrogens is 2. The molecule has 0 amide bonds. The second-order valence-corrected chi connectivity index (χ2v) is 7.64. The second-order valence-electron chi connectivity index (χ2n) is 5.89. The lowest BCUT2D eigenvalue weighted by molar-refractivity contribution is 0.346. The van der Waals surface area contributed by atoms with Crippen LogP contribution in [0.5, 0.6) is 0 Å². The fraction of sp³-hybridized carbons (Fsp3) is 0. The molecule has 2 aromatic carbocycles. The van der Waals surface area contributed by atoms with Crippen molar-refractivity contribution in [3.8, 4) is 22.4 Å². The molecule has 0 N–H and O–H groups in total. The van der Waals surface area contributed by atoms with E-state index < -0.39 is 21.5 Å². The highest BCUT2D eigenvalue weighted by molar-refractivity contribution is 7.89. The summed E-state index contributed by atoms with van der Waals surface area (Å²) in [5.41, 5.74) is -0.0323. The van der Waals surface area contributed by atoms with E-state index in [9.17, 15) is 17.6 Å². The summed E-state index contributed by atoms with van der Waals surface area (Å²) in [7, 11) is -4.18. The molecule has 0 fully saturated rings. The molecule has 8 heteroatoms. The molecule has 0 radical (unpaired) electrons. The van der Waals surface area contributed by atoms with Crippen LogP contribution < -0.4 is 5.63 Å².